The van der Waals surface area contributed by atoms with Gasteiger partial charge < -0.3 is 61.0 Å². The number of rotatable bonds is 18. The minimum absolute atomic E-state index is 0.0189. The van der Waals surface area contributed by atoms with Crippen LogP contribution >= 0.6 is 37.2 Å². The van der Waals surface area contributed by atoms with Crippen LogP contribution in [-0.4, -0.2) is 144 Å². The molecule has 6 rings (SSSR count). The van der Waals surface area contributed by atoms with Crippen molar-refractivity contribution in [1.29, 1.82) is 0 Å². The van der Waals surface area contributed by atoms with Crippen LogP contribution in [0.2, 0.25) is 0 Å². The number of aliphatic hydroxyl groups excluding tert-OH is 2. The van der Waals surface area contributed by atoms with Crippen LogP contribution in [0.1, 0.15) is 38.8 Å². The molecule has 2 fully saturated rings. The second-order valence-electron chi connectivity index (χ2n) is 15.7. The number of hydrogen-bond acceptors (Lipinski definition) is 23. The molecule has 3 aromatic heterocycles. The molecular weight excluding hydrogens is 959 g/mol. The average Bonchev–Trinajstić information content (AvgIpc) is 3.89. The van der Waals surface area contributed by atoms with E-state index in [1.54, 1.807) is 24.3 Å². The van der Waals surface area contributed by atoms with Crippen molar-refractivity contribution >= 4 is 77.8 Å². The highest BCUT2D eigenvalue weighted by molar-refractivity contribution is 8.77. The summed E-state index contributed by atoms with van der Waals surface area (Å²) < 4.78 is 65.1. The second kappa shape index (κ2) is 20.8. The molecule has 27 nitrogen and oxygen atoms in total. The molecule has 1 aromatic carbocycles. The number of carbonyl (C=O) groups is 2. The van der Waals surface area contributed by atoms with E-state index in [1.165, 1.54) is 45.6 Å². The fourth-order valence-corrected chi connectivity index (χ4v) is 10.3. The molecule has 2 aliphatic rings. The van der Waals surface area contributed by atoms with E-state index < -0.39 is 102 Å². The lowest BCUT2D eigenvalue weighted by Gasteiger charge is -2.29. The molecule has 362 valence electrons. The third kappa shape index (κ3) is 12.7. The number of imidazole rings is 1. The molecule has 2 saturated heterocycles. The largest absolute Gasteiger partial charge is 0.472 e. The van der Waals surface area contributed by atoms with E-state index in [9.17, 15) is 48.4 Å². The zero-order chi connectivity index (χ0) is 48.3. The normalized spacial score (nSPS) is 24.8. The number of carbonyl (C=O) groups excluding carboxylic acids is 2. The number of phosphoric acid groups is 2. The maximum absolute atomic E-state index is 14.2. The number of amides is 1. The van der Waals surface area contributed by atoms with Crippen LogP contribution < -0.4 is 22.9 Å². The average molecular weight is 1010 g/mol. The van der Waals surface area contributed by atoms with Gasteiger partial charge in [-0.1, -0.05) is 54.5 Å². The van der Waals surface area contributed by atoms with Gasteiger partial charge in [-0.05, 0) is 23.8 Å². The van der Waals surface area contributed by atoms with E-state index in [4.69, 9.17) is 45.2 Å². The van der Waals surface area contributed by atoms with E-state index in [2.05, 4.69) is 24.5 Å². The Morgan fingerprint density at radius 2 is 1.56 bits per heavy atom. The highest BCUT2D eigenvalue weighted by Gasteiger charge is 2.52. The van der Waals surface area contributed by atoms with Crippen molar-refractivity contribution in [3.05, 3.63) is 65.2 Å². The number of esters is 1. The van der Waals surface area contributed by atoms with Gasteiger partial charge in [-0.15, -0.1) is 0 Å². The third-order valence-electron chi connectivity index (χ3n) is 9.63. The number of benzene rings is 1. The quantitative estimate of drug-likeness (QED) is 0.0294. The Morgan fingerprint density at radius 3 is 2.21 bits per heavy atom. The summed E-state index contributed by atoms with van der Waals surface area (Å²) in [6, 6.07) is 6.39. The summed E-state index contributed by atoms with van der Waals surface area (Å²) in [5, 5.41) is 23.0. The van der Waals surface area contributed by atoms with Crippen LogP contribution in [-0.2, 0) is 53.1 Å². The van der Waals surface area contributed by atoms with Gasteiger partial charge in [0.05, 0.1) is 19.5 Å². The maximum Gasteiger partial charge on any atom is 0.472 e. The van der Waals surface area contributed by atoms with Gasteiger partial charge in [-0.25, -0.2) is 38.5 Å². The predicted octanol–water partition coefficient (Wildman–Crippen LogP) is 0.687. The molecular formula is C35H48N10O17P2S2. The number of aliphatic hydroxyl groups is 2. The molecule has 66 heavy (non-hydrogen) atoms. The number of nitrogens with zero attached hydrogens (tertiary/aromatic N) is 7. The number of anilines is 3. The van der Waals surface area contributed by atoms with E-state index >= 15 is 0 Å². The predicted molar refractivity (Wildman–Crippen MR) is 233 cm³/mol. The lowest BCUT2D eigenvalue weighted by Crippen LogP contribution is -2.48. The summed E-state index contributed by atoms with van der Waals surface area (Å²) in [5.41, 5.74) is 17.6. The van der Waals surface area contributed by atoms with Crippen molar-refractivity contribution in [3.8, 4) is 0 Å². The third-order valence-corrected chi connectivity index (χ3v) is 14.4. The first-order chi connectivity index (χ1) is 30.9. The molecule has 0 radical (unpaired) electrons. The lowest BCUT2D eigenvalue weighted by molar-refractivity contribution is -0.161. The monoisotopic (exact) mass is 1010 g/mol. The van der Waals surface area contributed by atoms with Crippen molar-refractivity contribution in [1.82, 2.24) is 34.0 Å². The van der Waals surface area contributed by atoms with E-state index in [0.29, 0.717) is 11.3 Å². The smallest absolute Gasteiger partial charge is 0.455 e. The number of phosphoric ester groups is 2. The number of fused-ring (bicyclic) bond motifs is 1. The van der Waals surface area contributed by atoms with Crippen molar-refractivity contribution in [2.24, 2.45) is 0 Å². The molecule has 0 saturated carbocycles. The van der Waals surface area contributed by atoms with E-state index in [0.717, 1.165) is 22.0 Å². The van der Waals surface area contributed by atoms with Crippen molar-refractivity contribution in [2.75, 3.05) is 43.2 Å². The number of nitrogen functional groups attached to an aromatic ring is 3. The summed E-state index contributed by atoms with van der Waals surface area (Å²) in [5.74, 6) is -1.30. The molecule has 0 spiro atoms. The van der Waals surface area contributed by atoms with Gasteiger partial charge in [0.2, 0.25) is 0 Å². The van der Waals surface area contributed by atoms with Gasteiger partial charge in [0.25, 0.3) is 0 Å². The first-order valence-corrected chi connectivity index (χ1v) is 24.8. The highest BCUT2D eigenvalue weighted by atomic mass is 33.1. The van der Waals surface area contributed by atoms with Crippen molar-refractivity contribution < 1.29 is 76.1 Å². The maximum atomic E-state index is 14.2. The summed E-state index contributed by atoms with van der Waals surface area (Å²) in [4.78, 5) is 86.8. The fourth-order valence-electron chi connectivity index (χ4n) is 6.45. The van der Waals surface area contributed by atoms with Crippen LogP contribution in [0.3, 0.4) is 0 Å². The Hall–Kier alpha value is -4.45. The first kappa shape index (κ1) is 51.0. The zero-order valence-electron chi connectivity index (χ0n) is 35.4. The summed E-state index contributed by atoms with van der Waals surface area (Å²) in [6.45, 7) is 3.64. The number of hydrogen-bond donors (Lipinski definition) is 8. The number of likely N-dealkylation sites (N-methyl/N-ethyl adjacent to an activating group) is 1. The summed E-state index contributed by atoms with van der Waals surface area (Å²) >= 11 is 0. The molecule has 0 aliphatic carbocycles. The Morgan fingerprint density at radius 1 is 0.924 bits per heavy atom. The molecule has 1 amide bonds. The van der Waals surface area contributed by atoms with Gasteiger partial charge in [0.15, 0.2) is 30.0 Å². The fraction of sp³-hybridized carbons (Fsp3) is 0.514. The molecule has 1 unspecified atom stereocenters. The highest BCUT2D eigenvalue weighted by Crippen LogP contribution is 2.50. The molecule has 0 bridgehead atoms. The van der Waals surface area contributed by atoms with Crippen LogP contribution in [0.5, 0.6) is 0 Å². The number of nitrogens with two attached hydrogens (primary N) is 3. The SMILES string of the molecule is CN(C(=O)OCc1ccc(N)cc1)[C@H](CSSC(C)(C)C)C(=O)O[C@H]1[C@@H](O)[C@H](n2cnc3c(N)ncnc32)O[C@@H]1COP(=O)(O)O[C@H]1[C@@H](O)[C@H](n2ccc(N)nc2=O)O[C@@H]1COP(=O)(O)O. The van der Waals surface area contributed by atoms with Gasteiger partial charge in [0.1, 0.15) is 60.8 Å². The second-order valence-corrected chi connectivity index (χ2v) is 21.5. The minimum Gasteiger partial charge on any atom is -0.455 e. The summed E-state index contributed by atoms with van der Waals surface area (Å²) in [7, 11) is -6.65. The molecule has 31 heteroatoms. The van der Waals surface area contributed by atoms with Crippen LogP contribution in [0.25, 0.3) is 11.2 Å². The Labute approximate surface area is 382 Å². The molecule has 2 aliphatic heterocycles. The van der Waals surface area contributed by atoms with Gasteiger partial charge in [0, 0.05) is 29.4 Å². The van der Waals surface area contributed by atoms with E-state index in [1.807, 2.05) is 20.8 Å². The van der Waals surface area contributed by atoms with Gasteiger partial charge >= 0.3 is 33.4 Å². The Kier molecular flexibility index (Phi) is 16.1. The van der Waals surface area contributed by atoms with Gasteiger partial charge in [-0.3, -0.25) is 27.6 Å². The van der Waals surface area contributed by atoms with E-state index in [-0.39, 0.29) is 39.9 Å². The number of aromatic nitrogens is 6. The molecule has 4 aromatic rings. The molecule has 10 atom stereocenters. The zero-order valence-corrected chi connectivity index (χ0v) is 38.8. The number of ether oxygens (including phenoxy) is 4. The standard InChI is InChI=1S/C35H48N10O17P2S2/c1-35(2,3)66-65-14-19(43(4)34(50)56-11-17-5-7-18(36)8-6-17)32(48)61-26-20(59-31(24(26)46)45-16-41-23-28(38)39-15-40-29(23)45)13-58-64(54,55)62-27-21(12-57-63(51,52)53)60-30(25(27)47)44-10-9-22(37)42-33(44)49/h5-10,15-16,19-21,24-27,30-31,46-47H,11-14,36H2,1-4H3,(H,54,55)(H2,37,42,49)(H2,38,39,40)(H2,51,52,53)/t19-,20-,21-,24-,25-,26-,27-,30-,31-/m1/s1. The first-order valence-electron chi connectivity index (χ1n) is 19.5. The topological polar surface area (TPSA) is 394 Å². The van der Waals surface area contributed by atoms with Crippen molar-refractivity contribution in [3.63, 3.8) is 0 Å². The van der Waals surface area contributed by atoms with Gasteiger partial charge in [-0.2, -0.15) is 4.98 Å². The van der Waals surface area contributed by atoms with Crippen LogP contribution in [0, 0.1) is 0 Å². The van der Waals surface area contributed by atoms with Crippen LogP contribution in [0.4, 0.5) is 22.1 Å². The van der Waals surface area contributed by atoms with Crippen molar-refractivity contribution in [2.45, 2.75) is 87.2 Å². The lowest BCUT2D eigenvalue weighted by atomic mass is 10.1. The minimum atomic E-state index is -5.45. The molecule has 5 heterocycles. The molecule has 11 N–H and O–H groups in total. The summed E-state index contributed by atoms with van der Waals surface area (Å²) in [6.07, 6.45) is -11.5. The Bertz CT molecular complexity index is 2510. The Balaban J connectivity index is 1.25. The van der Waals surface area contributed by atoms with Crippen LogP contribution in [0.15, 0.2) is 54.0 Å².